The molecule has 1 amide bonds. The van der Waals surface area contributed by atoms with Crippen molar-refractivity contribution in [3.05, 3.63) is 40.4 Å². The Balaban J connectivity index is 2.02. The highest BCUT2D eigenvalue weighted by atomic mass is 35.5. The van der Waals surface area contributed by atoms with Crippen LogP contribution in [0, 0.1) is 6.92 Å². The lowest BCUT2D eigenvalue weighted by atomic mass is 10.2. The smallest absolute Gasteiger partial charge is 0.248 e. The maximum atomic E-state index is 12.0. The molecule has 0 radical (unpaired) electrons. The van der Waals surface area contributed by atoms with Gasteiger partial charge < -0.3 is 10.6 Å². The molecule has 0 saturated heterocycles. The summed E-state index contributed by atoms with van der Waals surface area (Å²) in [6.07, 6.45) is 1.65. The quantitative estimate of drug-likeness (QED) is 0.907. The first-order valence-electron chi connectivity index (χ1n) is 5.80. The van der Waals surface area contributed by atoms with E-state index in [1.807, 2.05) is 30.5 Å². The summed E-state index contributed by atoms with van der Waals surface area (Å²) < 4.78 is 0. The molecule has 0 aliphatic rings. The number of hydrogen-bond donors (Lipinski definition) is 2. The number of nitrogens with zero attached hydrogens (tertiary/aromatic N) is 1. The molecular formula is C13H14ClN3OS. The zero-order valence-corrected chi connectivity index (χ0v) is 12.2. The zero-order chi connectivity index (χ0) is 13.8. The van der Waals surface area contributed by atoms with Gasteiger partial charge in [-0.15, -0.1) is 11.3 Å². The predicted octanol–water partition coefficient (Wildman–Crippen LogP) is 3.54. The summed E-state index contributed by atoms with van der Waals surface area (Å²) in [5, 5.41) is 8.98. The average molecular weight is 296 g/mol. The second-order valence-electron chi connectivity index (χ2n) is 4.10. The van der Waals surface area contributed by atoms with Crippen LogP contribution in [0.3, 0.4) is 0 Å². The summed E-state index contributed by atoms with van der Waals surface area (Å²) in [5.74, 6) is -0.130. The van der Waals surface area contributed by atoms with Crippen molar-refractivity contribution in [1.29, 1.82) is 0 Å². The molecule has 2 N–H and O–H groups in total. The lowest BCUT2D eigenvalue weighted by Crippen LogP contribution is -2.32. The molecule has 1 aromatic carbocycles. The van der Waals surface area contributed by atoms with Gasteiger partial charge in [-0.25, -0.2) is 4.98 Å². The van der Waals surface area contributed by atoms with Crippen LogP contribution in [0.1, 0.15) is 12.5 Å². The summed E-state index contributed by atoms with van der Waals surface area (Å²) in [6.45, 7) is 3.71. The molecule has 1 aromatic heterocycles. The highest BCUT2D eigenvalue weighted by Gasteiger charge is 2.15. The van der Waals surface area contributed by atoms with E-state index in [0.717, 1.165) is 11.3 Å². The third kappa shape index (κ3) is 3.45. The second-order valence-corrected chi connectivity index (χ2v) is 5.41. The van der Waals surface area contributed by atoms with Crippen molar-refractivity contribution < 1.29 is 4.79 Å². The molecule has 0 aliphatic heterocycles. The number of anilines is 2. The van der Waals surface area contributed by atoms with Gasteiger partial charge in [0.05, 0.1) is 0 Å². The van der Waals surface area contributed by atoms with Gasteiger partial charge in [0.2, 0.25) is 5.91 Å². The molecule has 4 nitrogen and oxygen atoms in total. The number of carbonyl (C=O) groups excluding carboxylic acids is 1. The molecule has 6 heteroatoms. The van der Waals surface area contributed by atoms with E-state index in [-0.39, 0.29) is 11.9 Å². The monoisotopic (exact) mass is 295 g/mol. The van der Waals surface area contributed by atoms with Gasteiger partial charge in [-0.05, 0) is 31.5 Å². The van der Waals surface area contributed by atoms with Gasteiger partial charge in [0.1, 0.15) is 6.04 Å². The summed E-state index contributed by atoms with van der Waals surface area (Å²) >= 11 is 7.43. The molecule has 0 unspecified atom stereocenters. The zero-order valence-electron chi connectivity index (χ0n) is 10.6. The molecule has 0 spiro atoms. The number of rotatable bonds is 4. The minimum absolute atomic E-state index is 0.130. The van der Waals surface area contributed by atoms with E-state index < -0.39 is 0 Å². The van der Waals surface area contributed by atoms with E-state index in [1.165, 1.54) is 11.3 Å². The number of carbonyl (C=O) groups is 1. The minimum atomic E-state index is -0.374. The molecule has 1 heterocycles. The molecule has 0 bridgehead atoms. The van der Waals surface area contributed by atoms with Gasteiger partial charge in [-0.2, -0.15) is 0 Å². The Labute approximate surface area is 120 Å². The lowest BCUT2D eigenvalue weighted by molar-refractivity contribution is -0.116. The summed E-state index contributed by atoms with van der Waals surface area (Å²) in [5.41, 5.74) is 1.78. The summed E-state index contributed by atoms with van der Waals surface area (Å²) in [4.78, 5) is 16.0. The second kappa shape index (κ2) is 6.04. The normalized spacial score (nSPS) is 11.9. The van der Waals surface area contributed by atoms with Crippen LogP contribution in [0.5, 0.6) is 0 Å². The fourth-order valence-electron chi connectivity index (χ4n) is 1.56. The summed E-state index contributed by atoms with van der Waals surface area (Å²) in [6, 6.07) is 5.20. The average Bonchev–Trinajstić information content (AvgIpc) is 2.87. The van der Waals surface area contributed by atoms with Gasteiger partial charge in [0, 0.05) is 22.3 Å². The molecule has 1 atom stereocenters. The SMILES string of the molecule is Cc1c(Cl)cccc1N[C@H](C)C(=O)Nc1nccs1. The Bertz CT molecular complexity index is 571. The highest BCUT2D eigenvalue weighted by molar-refractivity contribution is 7.13. The van der Waals surface area contributed by atoms with Crippen molar-refractivity contribution >= 4 is 39.7 Å². The van der Waals surface area contributed by atoms with E-state index in [1.54, 1.807) is 13.1 Å². The third-order valence-electron chi connectivity index (χ3n) is 2.70. The molecule has 0 aliphatic carbocycles. The van der Waals surface area contributed by atoms with E-state index >= 15 is 0 Å². The van der Waals surface area contributed by atoms with Crippen molar-refractivity contribution in [1.82, 2.24) is 4.98 Å². The molecular weight excluding hydrogens is 282 g/mol. The maximum absolute atomic E-state index is 12.0. The van der Waals surface area contributed by atoms with Gasteiger partial charge in [0.15, 0.2) is 5.13 Å². The van der Waals surface area contributed by atoms with Crippen molar-refractivity contribution in [2.45, 2.75) is 19.9 Å². The van der Waals surface area contributed by atoms with Crippen LogP contribution in [0.2, 0.25) is 5.02 Å². The van der Waals surface area contributed by atoms with Crippen molar-refractivity contribution in [3.8, 4) is 0 Å². The van der Waals surface area contributed by atoms with E-state index in [2.05, 4.69) is 15.6 Å². The van der Waals surface area contributed by atoms with Gasteiger partial charge in [-0.3, -0.25) is 4.79 Å². The molecule has 19 heavy (non-hydrogen) atoms. The number of thiazole rings is 1. The first-order chi connectivity index (χ1) is 9.08. The number of aromatic nitrogens is 1. The first-order valence-corrected chi connectivity index (χ1v) is 7.05. The van der Waals surface area contributed by atoms with Crippen molar-refractivity contribution in [2.24, 2.45) is 0 Å². The van der Waals surface area contributed by atoms with Gasteiger partial charge >= 0.3 is 0 Å². The topological polar surface area (TPSA) is 54.0 Å². The molecule has 0 fully saturated rings. The number of hydrogen-bond acceptors (Lipinski definition) is 4. The maximum Gasteiger partial charge on any atom is 0.248 e. The molecule has 2 rings (SSSR count). The molecule has 100 valence electrons. The molecule has 0 saturated carbocycles. The molecule has 2 aromatic rings. The lowest BCUT2D eigenvalue weighted by Gasteiger charge is -2.16. The van der Waals surface area contributed by atoms with Crippen LogP contribution in [0.15, 0.2) is 29.8 Å². The highest BCUT2D eigenvalue weighted by Crippen LogP contribution is 2.23. The van der Waals surface area contributed by atoms with Gasteiger partial charge in [-0.1, -0.05) is 17.7 Å². The largest absolute Gasteiger partial charge is 0.374 e. The Morgan fingerprint density at radius 3 is 2.95 bits per heavy atom. The fraction of sp³-hybridized carbons (Fsp3) is 0.231. The van der Waals surface area contributed by atoms with Crippen LogP contribution < -0.4 is 10.6 Å². The summed E-state index contributed by atoms with van der Waals surface area (Å²) in [7, 11) is 0. The predicted molar refractivity (Wildman–Crippen MR) is 80.0 cm³/mol. The Morgan fingerprint density at radius 2 is 2.26 bits per heavy atom. The number of amides is 1. The Kier molecular flexibility index (Phi) is 4.39. The van der Waals surface area contributed by atoms with E-state index in [4.69, 9.17) is 11.6 Å². The van der Waals surface area contributed by atoms with Crippen LogP contribution in [-0.2, 0) is 4.79 Å². The Morgan fingerprint density at radius 1 is 1.47 bits per heavy atom. The standard InChI is InChI=1S/C13H14ClN3OS/c1-8-10(14)4-3-5-11(8)16-9(2)12(18)17-13-15-6-7-19-13/h3-7,9,16H,1-2H3,(H,15,17,18)/t9-/m1/s1. The van der Waals surface area contributed by atoms with Crippen molar-refractivity contribution in [2.75, 3.05) is 10.6 Å². The van der Waals surface area contributed by atoms with E-state index in [9.17, 15) is 4.79 Å². The fourth-order valence-corrected chi connectivity index (χ4v) is 2.27. The number of halogens is 1. The van der Waals surface area contributed by atoms with Gasteiger partial charge in [0.25, 0.3) is 0 Å². The number of benzene rings is 1. The van der Waals surface area contributed by atoms with Crippen molar-refractivity contribution in [3.63, 3.8) is 0 Å². The minimum Gasteiger partial charge on any atom is -0.374 e. The van der Waals surface area contributed by atoms with Crippen LogP contribution in [0.25, 0.3) is 0 Å². The van der Waals surface area contributed by atoms with Crippen LogP contribution in [0.4, 0.5) is 10.8 Å². The van der Waals surface area contributed by atoms with E-state index in [0.29, 0.717) is 10.2 Å². The Hall–Kier alpha value is -1.59. The van der Waals surface area contributed by atoms with Crippen LogP contribution in [-0.4, -0.2) is 16.9 Å². The first kappa shape index (κ1) is 13.8. The third-order valence-corrected chi connectivity index (χ3v) is 3.79. The van der Waals surface area contributed by atoms with Crippen LogP contribution >= 0.6 is 22.9 Å². The number of nitrogens with one attached hydrogen (secondary N) is 2.